The number of carbonyl (C=O) groups is 1. The third kappa shape index (κ3) is 1.20. The van der Waals surface area contributed by atoms with Gasteiger partial charge >= 0.3 is 0 Å². The Morgan fingerprint density at radius 3 is 2.86 bits per heavy atom. The summed E-state index contributed by atoms with van der Waals surface area (Å²) in [5.74, 6) is -0.298. The second-order valence-electron chi connectivity index (χ2n) is 4.25. The quantitative estimate of drug-likeness (QED) is 0.666. The number of hydrogen-bond acceptors (Lipinski definition) is 2. The summed E-state index contributed by atoms with van der Waals surface area (Å²) in [6, 6.07) is 0. The Labute approximate surface area is 83.4 Å². The molecule has 2 aliphatic rings. The van der Waals surface area contributed by atoms with Crippen molar-refractivity contribution >= 4 is 12.1 Å². The zero-order chi connectivity index (χ0) is 10.3. The van der Waals surface area contributed by atoms with Gasteiger partial charge in [-0.1, -0.05) is 0 Å². The molecule has 0 spiro atoms. The molecule has 2 N–H and O–H groups in total. The van der Waals surface area contributed by atoms with Gasteiger partial charge < -0.3 is 5.73 Å². The molecule has 3 nitrogen and oxygen atoms in total. The standard InChI is InChI=1S/C11H14N2O/c1-11(2)9-7(5-6-13-11)3-4-8(9)10(12)14/h5-6H,3-4H2,1-2H3,(H2,12,14). The lowest BCUT2D eigenvalue weighted by Gasteiger charge is -2.26. The molecule has 0 aromatic rings. The summed E-state index contributed by atoms with van der Waals surface area (Å²) < 4.78 is 0. The Balaban J connectivity index is 2.57. The molecule has 0 fully saturated rings. The van der Waals surface area contributed by atoms with Gasteiger partial charge in [0.25, 0.3) is 0 Å². The summed E-state index contributed by atoms with van der Waals surface area (Å²) in [6.45, 7) is 4.03. The van der Waals surface area contributed by atoms with Crippen LogP contribution in [0.5, 0.6) is 0 Å². The van der Waals surface area contributed by atoms with E-state index in [2.05, 4.69) is 4.99 Å². The van der Waals surface area contributed by atoms with E-state index in [1.807, 2.05) is 26.1 Å². The predicted octanol–water partition coefficient (Wildman–Crippen LogP) is 1.35. The second kappa shape index (κ2) is 2.80. The predicted molar refractivity (Wildman–Crippen MR) is 56.1 cm³/mol. The smallest absolute Gasteiger partial charge is 0.245 e. The summed E-state index contributed by atoms with van der Waals surface area (Å²) in [7, 11) is 0. The zero-order valence-corrected chi connectivity index (χ0v) is 8.50. The van der Waals surface area contributed by atoms with Crippen molar-refractivity contribution in [3.05, 3.63) is 22.8 Å². The highest BCUT2D eigenvalue weighted by molar-refractivity contribution is 5.96. The largest absolute Gasteiger partial charge is 0.366 e. The maximum atomic E-state index is 11.2. The van der Waals surface area contributed by atoms with Crippen molar-refractivity contribution in [2.24, 2.45) is 10.7 Å². The number of rotatable bonds is 1. The number of hydrogen-bond donors (Lipinski definition) is 1. The van der Waals surface area contributed by atoms with Crippen LogP contribution in [0, 0.1) is 0 Å². The Bertz CT molecular complexity index is 386. The third-order valence-corrected chi connectivity index (χ3v) is 2.85. The lowest BCUT2D eigenvalue weighted by molar-refractivity contribution is -0.114. The van der Waals surface area contributed by atoms with Crippen LogP contribution in [0.1, 0.15) is 26.7 Å². The number of allylic oxidation sites excluding steroid dienone is 1. The second-order valence-corrected chi connectivity index (χ2v) is 4.25. The van der Waals surface area contributed by atoms with Gasteiger partial charge in [0.05, 0.1) is 5.54 Å². The van der Waals surface area contributed by atoms with Gasteiger partial charge in [-0.2, -0.15) is 0 Å². The summed E-state index contributed by atoms with van der Waals surface area (Å²) in [5, 5.41) is 0. The van der Waals surface area contributed by atoms with Crippen molar-refractivity contribution in [1.82, 2.24) is 0 Å². The number of nitrogens with two attached hydrogens (primary N) is 1. The molecular weight excluding hydrogens is 176 g/mol. The molecule has 0 unspecified atom stereocenters. The molecule has 74 valence electrons. The van der Waals surface area contributed by atoms with Gasteiger partial charge in [0.1, 0.15) is 0 Å². The summed E-state index contributed by atoms with van der Waals surface area (Å²) in [6.07, 6.45) is 5.49. The van der Waals surface area contributed by atoms with Crippen LogP contribution in [0.25, 0.3) is 0 Å². The van der Waals surface area contributed by atoms with Gasteiger partial charge in [0.2, 0.25) is 5.91 Å². The maximum absolute atomic E-state index is 11.2. The number of aliphatic imine (C=N–C) groups is 1. The molecule has 1 aliphatic heterocycles. The molecule has 0 saturated heterocycles. The average Bonchev–Trinajstić information content (AvgIpc) is 2.48. The summed E-state index contributed by atoms with van der Waals surface area (Å²) >= 11 is 0. The maximum Gasteiger partial charge on any atom is 0.245 e. The molecule has 0 radical (unpaired) electrons. The highest BCUT2D eigenvalue weighted by Crippen LogP contribution is 2.41. The minimum absolute atomic E-state index is 0.287. The monoisotopic (exact) mass is 190 g/mol. The molecule has 3 heteroatoms. The molecule has 0 atom stereocenters. The molecule has 0 saturated carbocycles. The Morgan fingerprint density at radius 1 is 1.50 bits per heavy atom. The fourth-order valence-corrected chi connectivity index (χ4v) is 2.26. The summed E-state index contributed by atoms with van der Waals surface area (Å²) in [5.41, 5.74) is 8.10. The van der Waals surface area contributed by atoms with Crippen molar-refractivity contribution in [1.29, 1.82) is 0 Å². The van der Waals surface area contributed by atoms with Gasteiger partial charge in [-0.15, -0.1) is 0 Å². The Kier molecular flexibility index (Phi) is 1.84. The SMILES string of the molecule is CC1(C)N=CC=C2CCC(C(N)=O)=C21. The fourth-order valence-electron chi connectivity index (χ4n) is 2.26. The first-order chi connectivity index (χ1) is 6.52. The zero-order valence-electron chi connectivity index (χ0n) is 8.50. The van der Waals surface area contributed by atoms with Gasteiger partial charge in [-0.3, -0.25) is 9.79 Å². The molecule has 14 heavy (non-hydrogen) atoms. The third-order valence-electron chi connectivity index (χ3n) is 2.85. The molecule has 0 aromatic carbocycles. The van der Waals surface area contributed by atoms with Crippen molar-refractivity contribution in [3.8, 4) is 0 Å². The van der Waals surface area contributed by atoms with E-state index in [0.29, 0.717) is 0 Å². The fraction of sp³-hybridized carbons (Fsp3) is 0.455. The first-order valence-electron chi connectivity index (χ1n) is 4.80. The van der Waals surface area contributed by atoms with Crippen molar-refractivity contribution < 1.29 is 4.79 Å². The van der Waals surface area contributed by atoms with E-state index < -0.39 is 0 Å². The van der Waals surface area contributed by atoms with E-state index in [9.17, 15) is 4.79 Å². The van der Waals surface area contributed by atoms with Crippen LogP contribution in [-0.2, 0) is 4.79 Å². The molecule has 1 amide bonds. The van der Waals surface area contributed by atoms with Crippen LogP contribution in [0.15, 0.2) is 27.8 Å². The number of primary amides is 1. The van der Waals surface area contributed by atoms with Crippen molar-refractivity contribution in [2.75, 3.05) is 0 Å². The van der Waals surface area contributed by atoms with Crippen LogP contribution in [-0.4, -0.2) is 17.7 Å². The van der Waals surface area contributed by atoms with Crippen LogP contribution in [0.3, 0.4) is 0 Å². The Morgan fingerprint density at radius 2 is 2.21 bits per heavy atom. The van der Waals surface area contributed by atoms with Gasteiger partial charge in [0, 0.05) is 11.8 Å². The molecule has 0 aromatic heterocycles. The molecular formula is C11H14N2O. The van der Waals surface area contributed by atoms with Gasteiger partial charge in [-0.25, -0.2) is 0 Å². The molecule has 1 aliphatic carbocycles. The first kappa shape index (κ1) is 9.19. The van der Waals surface area contributed by atoms with E-state index in [0.717, 1.165) is 24.0 Å². The van der Waals surface area contributed by atoms with E-state index in [1.165, 1.54) is 5.57 Å². The topological polar surface area (TPSA) is 55.4 Å². The number of nitrogens with zero attached hydrogens (tertiary/aromatic N) is 1. The van der Waals surface area contributed by atoms with E-state index in [-0.39, 0.29) is 11.4 Å². The van der Waals surface area contributed by atoms with Crippen molar-refractivity contribution in [3.63, 3.8) is 0 Å². The minimum Gasteiger partial charge on any atom is -0.366 e. The van der Waals surface area contributed by atoms with Crippen LogP contribution in [0.2, 0.25) is 0 Å². The lowest BCUT2D eigenvalue weighted by atomic mass is 9.86. The number of amides is 1. The first-order valence-corrected chi connectivity index (χ1v) is 4.80. The number of carbonyl (C=O) groups excluding carboxylic acids is 1. The van der Waals surface area contributed by atoms with Crippen molar-refractivity contribution in [2.45, 2.75) is 32.2 Å². The van der Waals surface area contributed by atoms with Gasteiger partial charge in [0.15, 0.2) is 0 Å². The minimum atomic E-state index is -0.298. The molecule has 1 heterocycles. The van der Waals surface area contributed by atoms with Crippen LogP contribution >= 0.6 is 0 Å². The van der Waals surface area contributed by atoms with Crippen LogP contribution in [0.4, 0.5) is 0 Å². The average molecular weight is 190 g/mol. The summed E-state index contributed by atoms with van der Waals surface area (Å²) in [4.78, 5) is 15.6. The molecule has 0 bridgehead atoms. The van der Waals surface area contributed by atoms with Crippen LogP contribution < -0.4 is 5.73 Å². The Hall–Kier alpha value is -1.38. The lowest BCUT2D eigenvalue weighted by Crippen LogP contribution is -2.26. The molecule has 2 rings (SSSR count). The van der Waals surface area contributed by atoms with E-state index >= 15 is 0 Å². The van der Waals surface area contributed by atoms with Gasteiger partial charge in [-0.05, 0) is 43.9 Å². The number of dihydropyridines is 1. The highest BCUT2D eigenvalue weighted by atomic mass is 16.1. The normalized spacial score (nSPS) is 23.4. The number of fused-ring (bicyclic) bond motifs is 1. The van der Waals surface area contributed by atoms with E-state index in [1.54, 1.807) is 0 Å². The highest BCUT2D eigenvalue weighted by Gasteiger charge is 2.35. The van der Waals surface area contributed by atoms with E-state index in [4.69, 9.17) is 5.73 Å².